The van der Waals surface area contributed by atoms with Crippen LogP contribution in [-0.4, -0.2) is 54.8 Å². The zero-order valence-electron chi connectivity index (χ0n) is 10.9. The van der Waals surface area contributed by atoms with E-state index in [0.717, 1.165) is 5.56 Å². The molecule has 1 aliphatic rings. The monoisotopic (exact) mass is 267 g/mol. The molecule has 0 saturated carbocycles. The van der Waals surface area contributed by atoms with Gasteiger partial charge in [-0.2, -0.15) is 0 Å². The Kier molecular flexibility index (Phi) is 5.30. The predicted molar refractivity (Wildman–Crippen MR) is 70.7 cm³/mol. The van der Waals surface area contributed by atoms with Crippen LogP contribution in [0.25, 0.3) is 0 Å². The summed E-state index contributed by atoms with van der Waals surface area (Å²) in [5.41, 5.74) is -0.0651. The summed E-state index contributed by atoms with van der Waals surface area (Å²) in [6, 6.07) is 9.94. The van der Waals surface area contributed by atoms with Crippen molar-refractivity contribution in [2.45, 2.75) is 18.3 Å². The number of hydrogen-bond donors (Lipinski definition) is 3. The van der Waals surface area contributed by atoms with Gasteiger partial charge in [0.25, 0.3) is 0 Å². The lowest BCUT2D eigenvalue weighted by atomic mass is 10.1. The molecule has 0 bridgehead atoms. The number of aliphatic hydroxyl groups excluding tert-OH is 1. The fourth-order valence-corrected chi connectivity index (χ4v) is 1.94. The molecule has 2 rings (SSSR count). The first-order valence-corrected chi connectivity index (χ1v) is 6.49. The van der Waals surface area contributed by atoms with E-state index >= 15 is 0 Å². The Morgan fingerprint density at radius 1 is 1.37 bits per heavy atom. The van der Waals surface area contributed by atoms with Gasteiger partial charge in [0.15, 0.2) is 0 Å². The Balaban J connectivity index is 1.72. The van der Waals surface area contributed by atoms with Gasteiger partial charge < -0.3 is 25.0 Å². The average Bonchev–Trinajstić information content (AvgIpc) is 2.63. The minimum absolute atomic E-state index is 0.107. The Morgan fingerprint density at radius 3 is 2.89 bits per heavy atom. The van der Waals surface area contributed by atoms with Crippen molar-refractivity contribution in [1.82, 2.24) is 5.32 Å². The van der Waals surface area contributed by atoms with Crippen LogP contribution in [0.15, 0.2) is 30.3 Å². The summed E-state index contributed by atoms with van der Waals surface area (Å²) in [6.07, 6.45) is -0.107. The smallest absolute Gasteiger partial charge is 0.123 e. The molecule has 5 heteroatoms. The number of benzene rings is 1. The van der Waals surface area contributed by atoms with Gasteiger partial charge in [0.1, 0.15) is 5.60 Å². The first-order valence-electron chi connectivity index (χ1n) is 6.49. The average molecular weight is 267 g/mol. The van der Waals surface area contributed by atoms with Crippen LogP contribution in [-0.2, 0) is 16.1 Å². The molecule has 1 aliphatic heterocycles. The second-order valence-electron chi connectivity index (χ2n) is 4.95. The molecule has 0 aromatic heterocycles. The Labute approximate surface area is 113 Å². The molecule has 1 aromatic rings. The summed E-state index contributed by atoms with van der Waals surface area (Å²) in [4.78, 5) is 0. The minimum Gasteiger partial charge on any atom is -0.393 e. The van der Waals surface area contributed by atoms with Gasteiger partial charge >= 0.3 is 0 Å². The normalized spacial score (nSPS) is 28.0. The second-order valence-corrected chi connectivity index (χ2v) is 4.95. The number of ether oxygens (including phenoxy) is 2. The Hall–Kier alpha value is -0.980. The lowest BCUT2D eigenvalue weighted by Crippen LogP contribution is -2.45. The fourth-order valence-electron chi connectivity index (χ4n) is 1.94. The summed E-state index contributed by atoms with van der Waals surface area (Å²) < 4.78 is 11.2. The molecule has 19 heavy (non-hydrogen) atoms. The number of aliphatic hydroxyl groups is 2. The van der Waals surface area contributed by atoms with Crippen molar-refractivity contribution >= 4 is 0 Å². The van der Waals surface area contributed by atoms with Gasteiger partial charge in [-0.25, -0.2) is 0 Å². The van der Waals surface area contributed by atoms with Crippen LogP contribution in [0.1, 0.15) is 5.56 Å². The van der Waals surface area contributed by atoms with Crippen LogP contribution in [0.5, 0.6) is 0 Å². The van der Waals surface area contributed by atoms with E-state index in [-0.39, 0.29) is 19.3 Å². The van der Waals surface area contributed by atoms with Crippen molar-refractivity contribution in [1.29, 1.82) is 0 Å². The number of hydrogen-bond acceptors (Lipinski definition) is 5. The molecular weight excluding hydrogens is 246 g/mol. The van der Waals surface area contributed by atoms with E-state index in [1.807, 2.05) is 30.3 Å². The maximum Gasteiger partial charge on any atom is 0.123 e. The molecule has 5 nitrogen and oxygen atoms in total. The minimum atomic E-state index is -1.19. The second kappa shape index (κ2) is 6.98. The van der Waals surface area contributed by atoms with E-state index in [1.54, 1.807) is 0 Å². The van der Waals surface area contributed by atoms with E-state index in [0.29, 0.717) is 26.3 Å². The summed E-state index contributed by atoms with van der Waals surface area (Å²) in [5.74, 6) is 0. The highest BCUT2D eigenvalue weighted by molar-refractivity contribution is 5.13. The predicted octanol–water partition coefficient (Wildman–Crippen LogP) is -0.0850. The van der Waals surface area contributed by atoms with E-state index in [2.05, 4.69) is 5.32 Å². The van der Waals surface area contributed by atoms with Crippen LogP contribution in [0, 0.1) is 0 Å². The van der Waals surface area contributed by atoms with Gasteiger partial charge in [0, 0.05) is 13.1 Å². The number of β-amino-alcohol motifs (C(OH)–C–C–N with tert-alkyl or cyclic N) is 1. The van der Waals surface area contributed by atoms with Crippen molar-refractivity contribution in [2.24, 2.45) is 0 Å². The van der Waals surface area contributed by atoms with Gasteiger partial charge in [-0.3, -0.25) is 0 Å². The first-order chi connectivity index (χ1) is 9.22. The fraction of sp³-hybridized carbons (Fsp3) is 0.571. The standard InChI is InChI=1S/C14H21NO4/c16-10-14(17)9-15-6-13(19-11-14)8-18-7-12-4-2-1-3-5-12/h1-5,13,15-17H,6-11H2/t13-,14?/m0/s1. The van der Waals surface area contributed by atoms with E-state index in [4.69, 9.17) is 14.6 Å². The molecule has 1 saturated heterocycles. The molecule has 0 aliphatic carbocycles. The van der Waals surface area contributed by atoms with Crippen molar-refractivity contribution in [3.8, 4) is 0 Å². The van der Waals surface area contributed by atoms with Crippen molar-refractivity contribution in [3.63, 3.8) is 0 Å². The van der Waals surface area contributed by atoms with Gasteiger partial charge in [-0.1, -0.05) is 30.3 Å². The van der Waals surface area contributed by atoms with Gasteiger partial charge in [0.2, 0.25) is 0 Å². The van der Waals surface area contributed by atoms with Crippen LogP contribution >= 0.6 is 0 Å². The number of nitrogens with one attached hydrogen (secondary N) is 1. The van der Waals surface area contributed by atoms with Crippen molar-refractivity contribution in [2.75, 3.05) is 32.9 Å². The lowest BCUT2D eigenvalue weighted by molar-refractivity contribution is -0.0923. The van der Waals surface area contributed by atoms with Crippen molar-refractivity contribution < 1.29 is 19.7 Å². The van der Waals surface area contributed by atoms with Crippen LogP contribution in [0.3, 0.4) is 0 Å². The first kappa shape index (κ1) is 14.4. The molecule has 0 amide bonds. The molecule has 3 N–H and O–H groups in total. The Bertz CT molecular complexity index is 373. The van der Waals surface area contributed by atoms with E-state index in [1.165, 1.54) is 0 Å². The lowest BCUT2D eigenvalue weighted by Gasteiger charge is -2.23. The van der Waals surface area contributed by atoms with Crippen LogP contribution in [0.4, 0.5) is 0 Å². The zero-order valence-corrected chi connectivity index (χ0v) is 10.9. The molecule has 1 heterocycles. The highest BCUT2D eigenvalue weighted by Gasteiger charge is 2.30. The van der Waals surface area contributed by atoms with E-state index < -0.39 is 5.60 Å². The van der Waals surface area contributed by atoms with E-state index in [9.17, 15) is 5.11 Å². The highest BCUT2D eigenvalue weighted by Crippen LogP contribution is 2.10. The third kappa shape index (κ3) is 4.56. The SMILES string of the molecule is OCC1(O)CNC[C@@H](COCc2ccccc2)OC1. The topological polar surface area (TPSA) is 71.0 Å². The molecule has 0 spiro atoms. The maximum absolute atomic E-state index is 9.90. The third-order valence-electron chi connectivity index (χ3n) is 3.12. The largest absolute Gasteiger partial charge is 0.393 e. The molecule has 106 valence electrons. The van der Waals surface area contributed by atoms with Gasteiger partial charge in [-0.15, -0.1) is 0 Å². The Morgan fingerprint density at radius 2 is 2.16 bits per heavy atom. The molecule has 0 radical (unpaired) electrons. The molecule has 2 atom stereocenters. The quantitative estimate of drug-likeness (QED) is 0.696. The zero-order chi connectivity index (χ0) is 13.6. The maximum atomic E-state index is 9.90. The van der Waals surface area contributed by atoms with Crippen LogP contribution < -0.4 is 5.32 Å². The molecule has 1 unspecified atom stereocenters. The van der Waals surface area contributed by atoms with Crippen LogP contribution in [0.2, 0.25) is 0 Å². The molecule has 1 fully saturated rings. The summed E-state index contributed by atoms with van der Waals surface area (Å²) in [7, 11) is 0. The molecular formula is C14H21NO4. The third-order valence-corrected chi connectivity index (χ3v) is 3.12. The van der Waals surface area contributed by atoms with Gasteiger partial charge in [0.05, 0.1) is 32.5 Å². The molecule has 1 aromatic carbocycles. The highest BCUT2D eigenvalue weighted by atomic mass is 16.5. The van der Waals surface area contributed by atoms with Crippen molar-refractivity contribution in [3.05, 3.63) is 35.9 Å². The summed E-state index contributed by atoms with van der Waals surface area (Å²) in [6.45, 7) is 1.76. The summed E-state index contributed by atoms with van der Waals surface area (Å²) in [5, 5.41) is 22.1. The summed E-state index contributed by atoms with van der Waals surface area (Å²) >= 11 is 0. The number of rotatable bonds is 5. The van der Waals surface area contributed by atoms with Gasteiger partial charge in [-0.05, 0) is 5.56 Å².